The molecule has 2 aromatic heterocycles. The molecule has 0 saturated heterocycles. The summed E-state index contributed by atoms with van der Waals surface area (Å²) in [5.74, 6) is 0. The zero-order valence-electron chi connectivity index (χ0n) is 9.34. The lowest BCUT2D eigenvalue weighted by molar-refractivity contribution is 0.667. The van der Waals surface area contributed by atoms with Crippen LogP contribution in [0.3, 0.4) is 0 Å². The van der Waals surface area contributed by atoms with Crippen LogP contribution in [0.5, 0.6) is 0 Å². The number of aromatic nitrogens is 4. The van der Waals surface area contributed by atoms with Gasteiger partial charge in [-0.05, 0) is 24.3 Å². The summed E-state index contributed by atoms with van der Waals surface area (Å²) in [7, 11) is 1.92. The van der Waals surface area contributed by atoms with Crippen molar-refractivity contribution in [3.63, 3.8) is 0 Å². The van der Waals surface area contributed by atoms with Crippen molar-refractivity contribution in [2.24, 2.45) is 7.05 Å². The van der Waals surface area contributed by atoms with Gasteiger partial charge in [0.2, 0.25) is 0 Å². The third-order valence-corrected chi connectivity index (χ3v) is 3.18. The second-order valence-electron chi connectivity index (χ2n) is 3.99. The van der Waals surface area contributed by atoms with Gasteiger partial charge in [-0.3, -0.25) is 9.36 Å². The molecular weight excluding hydrogens is 280 g/mol. The predicted octanol–water partition coefficient (Wildman–Crippen LogP) is 2.58. The number of nitrogens with zero attached hydrogens (tertiary/aromatic N) is 4. The first-order valence-electron chi connectivity index (χ1n) is 5.32. The minimum atomic E-state index is 0.700. The highest BCUT2D eigenvalue weighted by Crippen LogP contribution is 2.19. The number of halogens is 1. The largest absolute Gasteiger partial charge is 0.275 e. The average molecular weight is 291 g/mol. The fourth-order valence-corrected chi connectivity index (χ4v) is 2.26. The van der Waals surface area contributed by atoms with Gasteiger partial charge in [0.15, 0.2) is 0 Å². The molecule has 0 N–H and O–H groups in total. The van der Waals surface area contributed by atoms with Crippen LogP contribution in [-0.2, 0) is 13.6 Å². The van der Waals surface area contributed by atoms with E-state index in [1.54, 1.807) is 4.68 Å². The molecule has 3 aromatic rings. The Balaban J connectivity index is 2.00. The molecule has 4 nitrogen and oxygen atoms in total. The number of hydrogen-bond donors (Lipinski definition) is 0. The Hall–Kier alpha value is -1.62. The monoisotopic (exact) mass is 290 g/mol. The summed E-state index contributed by atoms with van der Waals surface area (Å²) < 4.78 is 4.84. The van der Waals surface area contributed by atoms with E-state index in [-0.39, 0.29) is 0 Å². The van der Waals surface area contributed by atoms with Crippen molar-refractivity contribution < 1.29 is 0 Å². The predicted molar refractivity (Wildman–Crippen MR) is 69.7 cm³/mol. The Kier molecular flexibility index (Phi) is 2.48. The van der Waals surface area contributed by atoms with Gasteiger partial charge >= 0.3 is 0 Å². The van der Waals surface area contributed by atoms with Crippen LogP contribution in [0.25, 0.3) is 10.9 Å². The van der Waals surface area contributed by atoms with E-state index in [4.69, 9.17) is 0 Å². The molecule has 0 amide bonds. The second-order valence-corrected chi connectivity index (χ2v) is 4.90. The highest BCUT2D eigenvalue weighted by molar-refractivity contribution is 9.10. The second kappa shape index (κ2) is 4.00. The number of benzene rings is 1. The molecule has 3 rings (SSSR count). The first-order chi connectivity index (χ1) is 8.22. The van der Waals surface area contributed by atoms with Gasteiger partial charge in [0.05, 0.1) is 24.0 Å². The van der Waals surface area contributed by atoms with Crippen LogP contribution in [-0.4, -0.2) is 19.6 Å². The summed E-state index contributed by atoms with van der Waals surface area (Å²) >= 11 is 3.46. The standard InChI is InChI=1S/C12H11BrN4/c1-16-5-4-11(15-16)8-17-12-3-2-10(13)6-9(12)7-14-17/h2-7H,8H2,1H3. The van der Waals surface area contributed by atoms with Crippen LogP contribution in [0, 0.1) is 0 Å². The summed E-state index contributed by atoms with van der Waals surface area (Å²) in [6.07, 6.45) is 3.82. The topological polar surface area (TPSA) is 35.6 Å². The molecule has 0 aliphatic heterocycles. The molecule has 86 valence electrons. The van der Waals surface area contributed by atoms with Gasteiger partial charge in [0, 0.05) is 23.1 Å². The molecule has 0 spiro atoms. The van der Waals surface area contributed by atoms with Crippen molar-refractivity contribution >= 4 is 26.8 Å². The number of fused-ring (bicyclic) bond motifs is 1. The van der Waals surface area contributed by atoms with Gasteiger partial charge < -0.3 is 0 Å². The molecule has 5 heteroatoms. The molecule has 0 aliphatic carbocycles. The highest BCUT2D eigenvalue weighted by Gasteiger charge is 2.05. The van der Waals surface area contributed by atoms with E-state index in [1.165, 1.54) is 0 Å². The maximum Gasteiger partial charge on any atom is 0.0857 e. The Morgan fingerprint density at radius 1 is 1.29 bits per heavy atom. The van der Waals surface area contributed by atoms with Crippen molar-refractivity contribution in [3.05, 3.63) is 46.8 Å². The summed E-state index contributed by atoms with van der Waals surface area (Å²) in [5.41, 5.74) is 2.14. The van der Waals surface area contributed by atoms with Crippen molar-refractivity contribution in [2.75, 3.05) is 0 Å². The van der Waals surface area contributed by atoms with Crippen LogP contribution in [0.15, 0.2) is 41.1 Å². The molecule has 0 fully saturated rings. The normalized spacial score (nSPS) is 11.2. The van der Waals surface area contributed by atoms with Gasteiger partial charge in [-0.2, -0.15) is 10.2 Å². The summed E-state index contributed by atoms with van der Waals surface area (Å²) in [6, 6.07) is 8.16. The van der Waals surface area contributed by atoms with Crippen LogP contribution in [0.1, 0.15) is 5.69 Å². The lowest BCUT2D eigenvalue weighted by Gasteiger charge is -2.00. The molecule has 0 radical (unpaired) electrons. The van der Waals surface area contributed by atoms with E-state index in [2.05, 4.69) is 38.3 Å². The Morgan fingerprint density at radius 3 is 2.94 bits per heavy atom. The number of rotatable bonds is 2. The maximum absolute atomic E-state index is 4.39. The van der Waals surface area contributed by atoms with Gasteiger partial charge in [0.25, 0.3) is 0 Å². The fraction of sp³-hybridized carbons (Fsp3) is 0.167. The first kappa shape index (κ1) is 10.5. The Bertz CT molecular complexity index is 668. The highest BCUT2D eigenvalue weighted by atomic mass is 79.9. The van der Waals surface area contributed by atoms with Gasteiger partial charge in [-0.15, -0.1) is 0 Å². The summed E-state index contributed by atoms with van der Waals surface area (Å²) in [6.45, 7) is 0.700. The summed E-state index contributed by atoms with van der Waals surface area (Å²) in [4.78, 5) is 0. The molecule has 0 unspecified atom stereocenters. The number of aryl methyl sites for hydroxylation is 1. The third-order valence-electron chi connectivity index (χ3n) is 2.68. The molecule has 0 aliphatic rings. The van der Waals surface area contributed by atoms with Crippen molar-refractivity contribution in [2.45, 2.75) is 6.54 Å². The molecule has 0 saturated carbocycles. The van der Waals surface area contributed by atoms with E-state index < -0.39 is 0 Å². The molecule has 2 heterocycles. The Labute approximate surface area is 107 Å². The van der Waals surface area contributed by atoms with Gasteiger partial charge in [-0.25, -0.2) is 0 Å². The van der Waals surface area contributed by atoms with Crippen LogP contribution in [0.2, 0.25) is 0 Å². The SMILES string of the molecule is Cn1ccc(Cn2ncc3cc(Br)ccc32)n1. The van der Waals surface area contributed by atoms with Crippen LogP contribution >= 0.6 is 15.9 Å². The maximum atomic E-state index is 4.39. The zero-order chi connectivity index (χ0) is 11.8. The Morgan fingerprint density at radius 2 is 2.18 bits per heavy atom. The van der Waals surface area contributed by atoms with Gasteiger partial charge in [-0.1, -0.05) is 15.9 Å². The number of hydrogen-bond acceptors (Lipinski definition) is 2. The fourth-order valence-electron chi connectivity index (χ4n) is 1.88. The smallest absolute Gasteiger partial charge is 0.0857 e. The van der Waals surface area contributed by atoms with E-state index >= 15 is 0 Å². The molecular formula is C12H11BrN4. The first-order valence-corrected chi connectivity index (χ1v) is 6.11. The van der Waals surface area contributed by atoms with E-state index in [0.29, 0.717) is 6.54 Å². The van der Waals surface area contributed by atoms with Crippen molar-refractivity contribution in [3.8, 4) is 0 Å². The minimum Gasteiger partial charge on any atom is -0.275 e. The van der Waals surface area contributed by atoms with Crippen molar-refractivity contribution in [1.29, 1.82) is 0 Å². The molecule has 0 bridgehead atoms. The van der Waals surface area contributed by atoms with Crippen LogP contribution < -0.4 is 0 Å². The lowest BCUT2D eigenvalue weighted by atomic mass is 10.2. The zero-order valence-corrected chi connectivity index (χ0v) is 10.9. The van der Waals surface area contributed by atoms with E-state index in [1.807, 2.05) is 36.3 Å². The van der Waals surface area contributed by atoms with Gasteiger partial charge in [0.1, 0.15) is 0 Å². The molecule has 17 heavy (non-hydrogen) atoms. The lowest BCUT2D eigenvalue weighted by Crippen LogP contribution is -2.02. The average Bonchev–Trinajstić information content (AvgIpc) is 2.86. The van der Waals surface area contributed by atoms with E-state index in [9.17, 15) is 0 Å². The van der Waals surface area contributed by atoms with Crippen molar-refractivity contribution in [1.82, 2.24) is 19.6 Å². The summed E-state index contributed by atoms with van der Waals surface area (Å²) in [5, 5.41) is 9.88. The third kappa shape index (κ3) is 1.98. The quantitative estimate of drug-likeness (QED) is 0.727. The minimum absolute atomic E-state index is 0.700. The van der Waals surface area contributed by atoms with E-state index in [0.717, 1.165) is 21.1 Å². The molecule has 0 atom stereocenters. The molecule has 1 aromatic carbocycles. The van der Waals surface area contributed by atoms with Crippen LogP contribution in [0.4, 0.5) is 0 Å².